The van der Waals surface area contributed by atoms with Gasteiger partial charge in [-0.1, -0.05) is 25.1 Å². The van der Waals surface area contributed by atoms with Crippen LogP contribution in [0.15, 0.2) is 53.3 Å². The lowest BCUT2D eigenvalue weighted by atomic mass is 9.99. The fourth-order valence-corrected chi connectivity index (χ4v) is 4.07. The smallest absolute Gasteiger partial charge is 0.279 e. The van der Waals surface area contributed by atoms with E-state index in [1.54, 1.807) is 43.5 Å². The number of hydrogen-bond acceptors (Lipinski definition) is 4. The summed E-state index contributed by atoms with van der Waals surface area (Å²) in [6.45, 7) is 2.84. The van der Waals surface area contributed by atoms with E-state index in [9.17, 15) is 9.59 Å². The van der Waals surface area contributed by atoms with Crippen LogP contribution in [0.1, 0.15) is 43.1 Å². The third kappa shape index (κ3) is 3.50. The van der Waals surface area contributed by atoms with Crippen LogP contribution in [0.3, 0.4) is 0 Å². The molecular formula is C23H25N3O3. The van der Waals surface area contributed by atoms with Gasteiger partial charge in [0.1, 0.15) is 5.75 Å². The first-order valence-corrected chi connectivity index (χ1v) is 10.1. The maximum atomic E-state index is 13.5. The van der Waals surface area contributed by atoms with Gasteiger partial charge >= 0.3 is 0 Å². The molecule has 2 heterocycles. The Hall–Kier alpha value is -3.15. The number of aromatic nitrogens is 2. The standard InChI is InChI=1S/C23H25N3O3/c1-3-16-8-6-7-15-25(16)23(28)21-19-9-4-5-10-20(19)22(27)26(24-21)17-11-13-18(29-2)14-12-17/h4-5,9-14,16H,3,6-8,15H2,1-2H3/t16-/m1/s1. The number of piperidine rings is 1. The van der Waals surface area contributed by atoms with E-state index < -0.39 is 0 Å². The molecule has 0 unspecified atom stereocenters. The van der Waals surface area contributed by atoms with Crippen molar-refractivity contribution in [2.45, 2.75) is 38.6 Å². The van der Waals surface area contributed by atoms with E-state index in [0.29, 0.717) is 27.9 Å². The van der Waals surface area contributed by atoms with Crippen molar-refractivity contribution in [3.8, 4) is 11.4 Å². The highest BCUT2D eigenvalue weighted by Crippen LogP contribution is 2.24. The van der Waals surface area contributed by atoms with E-state index >= 15 is 0 Å². The van der Waals surface area contributed by atoms with Gasteiger partial charge in [0, 0.05) is 18.0 Å². The number of carbonyl (C=O) groups excluding carboxylic acids is 1. The zero-order chi connectivity index (χ0) is 20.4. The predicted molar refractivity (Wildman–Crippen MR) is 113 cm³/mol. The molecule has 2 aromatic carbocycles. The molecule has 3 aromatic rings. The molecule has 1 aliphatic heterocycles. The maximum Gasteiger partial charge on any atom is 0.279 e. The summed E-state index contributed by atoms with van der Waals surface area (Å²) >= 11 is 0. The molecule has 1 saturated heterocycles. The van der Waals surface area contributed by atoms with E-state index in [1.807, 2.05) is 17.0 Å². The molecule has 1 aromatic heterocycles. The van der Waals surface area contributed by atoms with Gasteiger partial charge in [-0.05, 0) is 56.0 Å². The van der Waals surface area contributed by atoms with Gasteiger partial charge in [0.2, 0.25) is 0 Å². The number of benzene rings is 2. The first-order valence-electron chi connectivity index (χ1n) is 10.1. The van der Waals surface area contributed by atoms with Crippen LogP contribution in [0, 0.1) is 0 Å². The molecule has 0 radical (unpaired) electrons. The van der Waals surface area contributed by atoms with Crippen LogP contribution in [0.4, 0.5) is 0 Å². The summed E-state index contributed by atoms with van der Waals surface area (Å²) in [5, 5.41) is 5.64. The molecule has 0 bridgehead atoms. The summed E-state index contributed by atoms with van der Waals surface area (Å²) < 4.78 is 6.52. The monoisotopic (exact) mass is 391 g/mol. The molecule has 6 heteroatoms. The third-order valence-corrected chi connectivity index (χ3v) is 5.68. The van der Waals surface area contributed by atoms with Gasteiger partial charge in [0.25, 0.3) is 11.5 Å². The van der Waals surface area contributed by atoms with E-state index in [0.717, 1.165) is 32.2 Å². The second-order valence-corrected chi connectivity index (χ2v) is 7.37. The first-order chi connectivity index (χ1) is 14.1. The number of carbonyl (C=O) groups is 1. The molecule has 4 rings (SSSR count). The van der Waals surface area contributed by atoms with Gasteiger partial charge in [-0.3, -0.25) is 9.59 Å². The van der Waals surface area contributed by atoms with E-state index in [1.165, 1.54) is 4.68 Å². The zero-order valence-corrected chi connectivity index (χ0v) is 16.8. The van der Waals surface area contributed by atoms with Gasteiger partial charge in [-0.15, -0.1) is 0 Å². The fraction of sp³-hybridized carbons (Fsp3) is 0.348. The molecule has 0 N–H and O–H groups in total. The lowest BCUT2D eigenvalue weighted by Crippen LogP contribution is -2.44. The summed E-state index contributed by atoms with van der Waals surface area (Å²) in [5.41, 5.74) is 0.686. The molecule has 1 atom stereocenters. The Kier molecular flexibility index (Phi) is 5.34. The summed E-state index contributed by atoms with van der Waals surface area (Å²) in [7, 11) is 1.59. The number of ether oxygens (including phenoxy) is 1. The van der Waals surface area contributed by atoms with Crippen LogP contribution < -0.4 is 10.3 Å². The van der Waals surface area contributed by atoms with Gasteiger partial charge in [0.05, 0.1) is 18.2 Å². The van der Waals surface area contributed by atoms with Crippen LogP contribution >= 0.6 is 0 Å². The Morgan fingerprint density at radius 1 is 1.10 bits per heavy atom. The number of fused-ring (bicyclic) bond motifs is 1. The second-order valence-electron chi connectivity index (χ2n) is 7.37. The van der Waals surface area contributed by atoms with Crippen molar-refractivity contribution < 1.29 is 9.53 Å². The Morgan fingerprint density at radius 2 is 1.83 bits per heavy atom. The normalized spacial score (nSPS) is 16.8. The second kappa shape index (κ2) is 8.07. The van der Waals surface area contributed by atoms with E-state index in [-0.39, 0.29) is 17.5 Å². The highest BCUT2D eigenvalue weighted by molar-refractivity contribution is 6.05. The largest absolute Gasteiger partial charge is 0.497 e. The van der Waals surface area contributed by atoms with Crippen molar-refractivity contribution in [3.63, 3.8) is 0 Å². The van der Waals surface area contributed by atoms with Crippen LogP contribution in [0.25, 0.3) is 16.5 Å². The first kappa shape index (κ1) is 19.2. The van der Waals surface area contributed by atoms with Crippen molar-refractivity contribution in [1.82, 2.24) is 14.7 Å². The SMILES string of the molecule is CC[C@@H]1CCCCN1C(=O)c1nn(-c2ccc(OC)cc2)c(=O)c2ccccc12. The molecule has 29 heavy (non-hydrogen) atoms. The predicted octanol–water partition coefficient (Wildman–Crippen LogP) is 3.80. The van der Waals surface area contributed by atoms with Crippen LogP contribution in [0.5, 0.6) is 5.75 Å². The highest BCUT2D eigenvalue weighted by atomic mass is 16.5. The minimum Gasteiger partial charge on any atom is -0.497 e. The number of methoxy groups -OCH3 is 1. The van der Waals surface area contributed by atoms with Gasteiger partial charge < -0.3 is 9.64 Å². The lowest BCUT2D eigenvalue weighted by Gasteiger charge is -2.35. The van der Waals surface area contributed by atoms with Crippen molar-refractivity contribution in [3.05, 3.63) is 64.6 Å². The number of rotatable bonds is 4. The number of likely N-dealkylation sites (tertiary alicyclic amines) is 1. The fourth-order valence-electron chi connectivity index (χ4n) is 4.07. The van der Waals surface area contributed by atoms with Crippen molar-refractivity contribution in [1.29, 1.82) is 0 Å². The summed E-state index contributed by atoms with van der Waals surface area (Å²) in [5.74, 6) is 0.591. The molecule has 0 aliphatic carbocycles. The molecule has 1 fully saturated rings. The quantitative estimate of drug-likeness (QED) is 0.679. The topological polar surface area (TPSA) is 64.4 Å². The number of nitrogens with zero attached hydrogens (tertiary/aromatic N) is 3. The summed E-state index contributed by atoms with van der Waals surface area (Å²) in [6, 6.07) is 14.5. The average molecular weight is 391 g/mol. The van der Waals surface area contributed by atoms with Gasteiger partial charge in [-0.2, -0.15) is 9.78 Å². The summed E-state index contributed by atoms with van der Waals surface area (Å²) in [6.07, 6.45) is 4.07. The molecule has 6 nitrogen and oxygen atoms in total. The Bertz CT molecular complexity index is 1090. The Morgan fingerprint density at radius 3 is 2.52 bits per heavy atom. The van der Waals surface area contributed by atoms with E-state index in [2.05, 4.69) is 12.0 Å². The molecule has 1 aliphatic rings. The molecular weight excluding hydrogens is 366 g/mol. The summed E-state index contributed by atoms with van der Waals surface area (Å²) in [4.78, 5) is 28.5. The minimum absolute atomic E-state index is 0.102. The van der Waals surface area contributed by atoms with E-state index in [4.69, 9.17) is 4.74 Å². The molecule has 1 amide bonds. The van der Waals surface area contributed by atoms with Crippen LogP contribution in [0.2, 0.25) is 0 Å². The van der Waals surface area contributed by atoms with Gasteiger partial charge in [-0.25, -0.2) is 0 Å². The Balaban J connectivity index is 1.87. The number of hydrogen-bond donors (Lipinski definition) is 0. The number of amides is 1. The average Bonchev–Trinajstić information content (AvgIpc) is 2.79. The van der Waals surface area contributed by atoms with Crippen molar-refractivity contribution in [2.75, 3.05) is 13.7 Å². The molecule has 0 saturated carbocycles. The zero-order valence-electron chi connectivity index (χ0n) is 16.8. The third-order valence-electron chi connectivity index (χ3n) is 5.68. The van der Waals surface area contributed by atoms with Gasteiger partial charge in [0.15, 0.2) is 5.69 Å². The lowest BCUT2D eigenvalue weighted by molar-refractivity contribution is 0.0602. The maximum absolute atomic E-state index is 13.5. The highest BCUT2D eigenvalue weighted by Gasteiger charge is 2.29. The van der Waals surface area contributed by atoms with Crippen LogP contribution in [-0.2, 0) is 0 Å². The van der Waals surface area contributed by atoms with Crippen LogP contribution in [-0.4, -0.2) is 40.3 Å². The molecule has 150 valence electrons. The Labute approximate surface area is 169 Å². The minimum atomic E-state index is -0.243. The molecule has 0 spiro atoms. The van der Waals surface area contributed by atoms with Crippen molar-refractivity contribution >= 4 is 16.7 Å². The van der Waals surface area contributed by atoms with Crippen molar-refractivity contribution in [2.24, 2.45) is 0 Å².